The van der Waals surface area contributed by atoms with Crippen LogP contribution in [0, 0.1) is 6.92 Å². The summed E-state index contributed by atoms with van der Waals surface area (Å²) < 4.78 is 5.66. The van der Waals surface area contributed by atoms with Crippen molar-refractivity contribution >= 4 is 16.6 Å². The number of anilines is 1. The molecule has 1 aromatic carbocycles. The Balaban J connectivity index is 2.07. The molecule has 0 radical (unpaired) electrons. The standard InChI is InChI=1S/C18H24N2O/c1-3-21-15-8-9-17-16(13-15)18(12-14(2)19-17)20-10-6-4-5-7-11-20/h8-9,12-13H,3-7,10-11H2,1-2H3. The first-order valence-electron chi connectivity index (χ1n) is 8.07. The van der Waals surface area contributed by atoms with Gasteiger partial charge in [0.15, 0.2) is 0 Å². The predicted octanol–water partition coefficient (Wildman–Crippen LogP) is 4.32. The van der Waals surface area contributed by atoms with Crippen LogP contribution in [0.5, 0.6) is 5.75 Å². The summed E-state index contributed by atoms with van der Waals surface area (Å²) in [6.07, 6.45) is 5.27. The van der Waals surface area contributed by atoms with Crippen LogP contribution in [0.3, 0.4) is 0 Å². The first-order valence-corrected chi connectivity index (χ1v) is 8.07. The fourth-order valence-electron chi connectivity index (χ4n) is 3.15. The first kappa shape index (κ1) is 14.2. The van der Waals surface area contributed by atoms with Gasteiger partial charge in [-0.25, -0.2) is 0 Å². The zero-order chi connectivity index (χ0) is 14.7. The van der Waals surface area contributed by atoms with Crippen molar-refractivity contribution in [1.82, 2.24) is 4.98 Å². The summed E-state index contributed by atoms with van der Waals surface area (Å²) in [7, 11) is 0. The zero-order valence-corrected chi connectivity index (χ0v) is 13.1. The maximum atomic E-state index is 5.66. The maximum absolute atomic E-state index is 5.66. The molecular weight excluding hydrogens is 260 g/mol. The lowest BCUT2D eigenvalue weighted by atomic mass is 10.1. The quantitative estimate of drug-likeness (QED) is 0.839. The third-order valence-corrected chi connectivity index (χ3v) is 4.14. The van der Waals surface area contributed by atoms with E-state index in [-0.39, 0.29) is 0 Å². The molecule has 0 atom stereocenters. The van der Waals surface area contributed by atoms with E-state index in [4.69, 9.17) is 4.74 Å². The molecule has 2 aromatic rings. The molecule has 0 aliphatic carbocycles. The molecular formula is C18H24N2O. The number of fused-ring (bicyclic) bond motifs is 1. The number of hydrogen-bond acceptors (Lipinski definition) is 3. The molecule has 0 amide bonds. The number of aromatic nitrogens is 1. The highest BCUT2D eigenvalue weighted by atomic mass is 16.5. The van der Waals surface area contributed by atoms with Gasteiger partial charge >= 0.3 is 0 Å². The highest BCUT2D eigenvalue weighted by Gasteiger charge is 2.14. The molecule has 3 nitrogen and oxygen atoms in total. The van der Waals surface area contributed by atoms with Crippen molar-refractivity contribution in [3.63, 3.8) is 0 Å². The predicted molar refractivity (Wildman–Crippen MR) is 88.3 cm³/mol. The number of nitrogens with zero attached hydrogens (tertiary/aromatic N) is 2. The van der Waals surface area contributed by atoms with Gasteiger partial charge in [-0.1, -0.05) is 12.8 Å². The van der Waals surface area contributed by atoms with E-state index in [1.54, 1.807) is 0 Å². The van der Waals surface area contributed by atoms with Gasteiger partial charge in [-0.15, -0.1) is 0 Å². The molecule has 2 heterocycles. The van der Waals surface area contributed by atoms with Gasteiger partial charge in [0.05, 0.1) is 12.1 Å². The lowest BCUT2D eigenvalue weighted by Crippen LogP contribution is -2.24. The minimum Gasteiger partial charge on any atom is -0.494 e. The van der Waals surface area contributed by atoms with Crippen LogP contribution in [0.4, 0.5) is 5.69 Å². The van der Waals surface area contributed by atoms with E-state index in [0.29, 0.717) is 6.61 Å². The molecule has 1 fully saturated rings. The molecule has 0 spiro atoms. The van der Waals surface area contributed by atoms with Crippen LogP contribution >= 0.6 is 0 Å². The molecule has 3 heteroatoms. The van der Waals surface area contributed by atoms with E-state index in [1.165, 1.54) is 36.8 Å². The summed E-state index contributed by atoms with van der Waals surface area (Å²) in [5, 5.41) is 1.22. The number of ether oxygens (including phenoxy) is 1. The first-order chi connectivity index (χ1) is 10.3. The van der Waals surface area contributed by atoms with E-state index in [2.05, 4.69) is 35.0 Å². The molecule has 1 saturated heterocycles. The molecule has 21 heavy (non-hydrogen) atoms. The second-order valence-electron chi connectivity index (χ2n) is 5.80. The number of hydrogen-bond donors (Lipinski definition) is 0. The largest absolute Gasteiger partial charge is 0.494 e. The third kappa shape index (κ3) is 3.12. The number of pyridine rings is 1. The summed E-state index contributed by atoms with van der Waals surface area (Å²) in [5.41, 5.74) is 3.48. The van der Waals surface area contributed by atoms with Crippen molar-refractivity contribution < 1.29 is 4.74 Å². The minimum absolute atomic E-state index is 0.698. The highest BCUT2D eigenvalue weighted by molar-refractivity contribution is 5.93. The average molecular weight is 284 g/mol. The second kappa shape index (κ2) is 6.33. The molecule has 0 unspecified atom stereocenters. The Kier molecular flexibility index (Phi) is 4.28. The minimum atomic E-state index is 0.698. The molecule has 1 aliphatic rings. The van der Waals surface area contributed by atoms with Crippen molar-refractivity contribution in [2.45, 2.75) is 39.5 Å². The van der Waals surface area contributed by atoms with E-state index in [0.717, 1.165) is 30.0 Å². The summed E-state index contributed by atoms with van der Waals surface area (Å²) in [5.74, 6) is 0.937. The van der Waals surface area contributed by atoms with Crippen molar-refractivity contribution in [2.24, 2.45) is 0 Å². The van der Waals surface area contributed by atoms with Crippen molar-refractivity contribution in [2.75, 3.05) is 24.6 Å². The normalized spacial score (nSPS) is 16.0. The van der Waals surface area contributed by atoms with Crippen molar-refractivity contribution in [1.29, 1.82) is 0 Å². The number of aryl methyl sites for hydroxylation is 1. The summed E-state index contributed by atoms with van der Waals surface area (Å²) in [4.78, 5) is 7.20. The van der Waals surface area contributed by atoms with Crippen molar-refractivity contribution in [3.8, 4) is 5.75 Å². The van der Waals surface area contributed by atoms with Crippen LogP contribution in [0.1, 0.15) is 38.3 Å². The Morgan fingerprint density at radius 3 is 2.57 bits per heavy atom. The van der Waals surface area contributed by atoms with Gasteiger partial charge in [-0.2, -0.15) is 0 Å². The number of rotatable bonds is 3. The van der Waals surface area contributed by atoms with E-state index < -0.39 is 0 Å². The summed E-state index contributed by atoms with van der Waals surface area (Å²) >= 11 is 0. The van der Waals surface area contributed by atoms with Crippen LogP contribution in [0.15, 0.2) is 24.3 Å². The summed E-state index contributed by atoms with van der Waals surface area (Å²) in [6, 6.07) is 8.47. The van der Waals surface area contributed by atoms with Crippen molar-refractivity contribution in [3.05, 3.63) is 30.0 Å². The third-order valence-electron chi connectivity index (χ3n) is 4.14. The molecule has 1 aliphatic heterocycles. The molecule has 1 aromatic heterocycles. The molecule has 0 saturated carbocycles. The van der Waals surface area contributed by atoms with Gasteiger partial charge in [0.25, 0.3) is 0 Å². The number of benzene rings is 1. The van der Waals surface area contributed by atoms with Gasteiger partial charge in [-0.3, -0.25) is 4.98 Å². The Morgan fingerprint density at radius 2 is 1.86 bits per heavy atom. The van der Waals surface area contributed by atoms with E-state index in [1.807, 2.05) is 13.0 Å². The lowest BCUT2D eigenvalue weighted by molar-refractivity contribution is 0.340. The van der Waals surface area contributed by atoms with Crippen LogP contribution in [-0.4, -0.2) is 24.7 Å². The van der Waals surface area contributed by atoms with Crippen LogP contribution in [-0.2, 0) is 0 Å². The lowest BCUT2D eigenvalue weighted by Gasteiger charge is -2.24. The Morgan fingerprint density at radius 1 is 1.10 bits per heavy atom. The Hall–Kier alpha value is -1.77. The van der Waals surface area contributed by atoms with Gasteiger partial charge in [-0.05, 0) is 51.0 Å². The summed E-state index contributed by atoms with van der Waals surface area (Å²) in [6.45, 7) is 7.10. The molecule has 0 N–H and O–H groups in total. The van der Waals surface area contributed by atoms with Crippen LogP contribution < -0.4 is 9.64 Å². The van der Waals surface area contributed by atoms with E-state index >= 15 is 0 Å². The highest BCUT2D eigenvalue weighted by Crippen LogP contribution is 2.31. The van der Waals surface area contributed by atoms with E-state index in [9.17, 15) is 0 Å². The van der Waals surface area contributed by atoms with Gasteiger partial charge < -0.3 is 9.64 Å². The fourth-order valence-corrected chi connectivity index (χ4v) is 3.15. The van der Waals surface area contributed by atoms with Gasteiger partial charge in [0.1, 0.15) is 5.75 Å². The van der Waals surface area contributed by atoms with Gasteiger partial charge in [0, 0.05) is 29.9 Å². The van der Waals surface area contributed by atoms with Crippen LogP contribution in [0.2, 0.25) is 0 Å². The monoisotopic (exact) mass is 284 g/mol. The molecule has 3 rings (SSSR count). The Labute approximate surface area is 126 Å². The second-order valence-corrected chi connectivity index (χ2v) is 5.80. The fraction of sp³-hybridized carbons (Fsp3) is 0.500. The van der Waals surface area contributed by atoms with Gasteiger partial charge in [0.2, 0.25) is 0 Å². The SMILES string of the molecule is CCOc1ccc2nc(C)cc(N3CCCCCC3)c2c1. The molecule has 0 bridgehead atoms. The van der Waals surface area contributed by atoms with Crippen LogP contribution in [0.25, 0.3) is 10.9 Å². The maximum Gasteiger partial charge on any atom is 0.120 e. The average Bonchev–Trinajstić information content (AvgIpc) is 2.76. The zero-order valence-electron chi connectivity index (χ0n) is 13.1. The molecule has 112 valence electrons. The topological polar surface area (TPSA) is 25.4 Å². The smallest absolute Gasteiger partial charge is 0.120 e. The Bertz CT molecular complexity index is 616.